The highest BCUT2D eigenvalue weighted by molar-refractivity contribution is 5.89. The van der Waals surface area contributed by atoms with Crippen LogP contribution in [-0.4, -0.2) is 0 Å². The van der Waals surface area contributed by atoms with Gasteiger partial charge in [-0.15, -0.1) is 0 Å². The molecule has 109 valence electrons. The minimum atomic E-state index is 0.556. The molecule has 1 aliphatic carbocycles. The molecule has 0 heterocycles. The predicted octanol–water partition coefficient (Wildman–Crippen LogP) is 5.88. The molecule has 0 saturated carbocycles. The smallest absolute Gasteiger partial charge is 0.0352 e. The second-order valence-corrected chi connectivity index (χ2v) is 6.58. The Morgan fingerprint density at radius 2 is 1.55 bits per heavy atom. The number of hydrogen-bond acceptors (Lipinski definition) is 0. The first-order valence-corrected chi connectivity index (χ1v) is 8.21. The molecule has 0 N–H and O–H groups in total. The molecular weight excluding hydrogens is 264 g/mol. The maximum Gasteiger partial charge on any atom is 0.0352 e. The fourth-order valence-electron chi connectivity index (χ4n) is 3.62. The average molecular weight is 285 g/mol. The molecule has 3 aromatic rings. The van der Waals surface area contributed by atoms with Gasteiger partial charge in [0.2, 0.25) is 0 Å². The molecule has 0 spiro atoms. The van der Waals surface area contributed by atoms with E-state index < -0.39 is 0 Å². The van der Waals surface area contributed by atoms with E-state index in [9.17, 15) is 0 Å². The molecule has 4 rings (SSSR count). The van der Waals surface area contributed by atoms with E-state index in [1.807, 2.05) is 0 Å². The van der Waals surface area contributed by atoms with Crippen LogP contribution < -0.4 is 0 Å². The van der Waals surface area contributed by atoms with Gasteiger partial charge in [0.1, 0.15) is 0 Å². The van der Waals surface area contributed by atoms with Crippen LogP contribution in [0.4, 0.5) is 0 Å². The summed E-state index contributed by atoms with van der Waals surface area (Å²) < 4.78 is 0. The molecule has 0 amide bonds. The van der Waals surface area contributed by atoms with Crippen molar-refractivity contribution >= 4 is 10.8 Å². The SMILES string of the molecule is CC(C)c1cc([C]2CCc3ccccc32)c2ccccc2c1. The van der Waals surface area contributed by atoms with Crippen molar-refractivity contribution in [2.75, 3.05) is 0 Å². The van der Waals surface area contributed by atoms with Gasteiger partial charge in [-0.3, -0.25) is 0 Å². The van der Waals surface area contributed by atoms with Gasteiger partial charge in [-0.25, -0.2) is 0 Å². The first-order valence-electron chi connectivity index (χ1n) is 8.21. The van der Waals surface area contributed by atoms with Crippen molar-refractivity contribution in [3.63, 3.8) is 0 Å². The van der Waals surface area contributed by atoms with Gasteiger partial charge in [-0.1, -0.05) is 74.5 Å². The van der Waals surface area contributed by atoms with E-state index >= 15 is 0 Å². The van der Waals surface area contributed by atoms with Crippen LogP contribution in [0.25, 0.3) is 10.8 Å². The van der Waals surface area contributed by atoms with Gasteiger partial charge >= 0.3 is 0 Å². The topological polar surface area (TPSA) is 0 Å². The van der Waals surface area contributed by atoms with Gasteiger partial charge in [0.05, 0.1) is 0 Å². The van der Waals surface area contributed by atoms with Crippen LogP contribution in [0, 0.1) is 5.92 Å². The minimum Gasteiger partial charge on any atom is -0.0620 e. The summed E-state index contributed by atoms with van der Waals surface area (Å²) in [5.74, 6) is 2.08. The van der Waals surface area contributed by atoms with Gasteiger partial charge in [0.25, 0.3) is 0 Å². The number of rotatable bonds is 2. The normalized spacial score (nSPS) is 14.7. The van der Waals surface area contributed by atoms with Crippen molar-refractivity contribution in [3.05, 3.63) is 88.8 Å². The average Bonchev–Trinajstić information content (AvgIpc) is 2.97. The Labute approximate surface area is 132 Å². The summed E-state index contributed by atoms with van der Waals surface area (Å²) in [5.41, 5.74) is 5.82. The molecule has 0 bridgehead atoms. The summed E-state index contributed by atoms with van der Waals surface area (Å²) in [6.07, 6.45) is 2.33. The Hall–Kier alpha value is -2.08. The van der Waals surface area contributed by atoms with Crippen LogP contribution >= 0.6 is 0 Å². The number of fused-ring (bicyclic) bond motifs is 2. The maximum absolute atomic E-state index is 2.42. The Kier molecular flexibility index (Phi) is 3.26. The Bertz CT molecular complexity index is 826. The molecule has 22 heavy (non-hydrogen) atoms. The molecule has 0 aromatic heterocycles. The summed E-state index contributed by atoms with van der Waals surface area (Å²) in [5, 5.41) is 2.75. The molecule has 0 saturated heterocycles. The molecule has 0 fully saturated rings. The highest BCUT2D eigenvalue weighted by Crippen LogP contribution is 2.41. The van der Waals surface area contributed by atoms with Crippen molar-refractivity contribution in [1.29, 1.82) is 0 Å². The van der Waals surface area contributed by atoms with Gasteiger partial charge in [-0.2, -0.15) is 0 Å². The first-order chi connectivity index (χ1) is 10.7. The van der Waals surface area contributed by atoms with Gasteiger partial charge in [0.15, 0.2) is 0 Å². The standard InChI is InChI=1S/C22H21/c1-15(2)18-13-17-8-4-6-10-20(17)22(14-18)21-12-11-16-7-3-5-9-19(16)21/h3-10,13-15H,11-12H2,1-2H3. The zero-order valence-electron chi connectivity index (χ0n) is 13.3. The quantitative estimate of drug-likeness (QED) is 0.551. The van der Waals surface area contributed by atoms with Gasteiger partial charge < -0.3 is 0 Å². The summed E-state index contributed by atoms with van der Waals surface area (Å²) in [6.45, 7) is 4.56. The van der Waals surface area contributed by atoms with E-state index in [2.05, 4.69) is 74.5 Å². The highest BCUT2D eigenvalue weighted by Gasteiger charge is 2.26. The summed E-state index contributed by atoms with van der Waals surface area (Å²) >= 11 is 0. The lowest BCUT2D eigenvalue weighted by atomic mass is 9.86. The Balaban J connectivity index is 1.95. The molecule has 0 atom stereocenters. The molecular formula is C22H21. The summed E-state index contributed by atoms with van der Waals surface area (Å²) in [7, 11) is 0. The van der Waals surface area contributed by atoms with E-state index in [4.69, 9.17) is 0 Å². The summed E-state index contributed by atoms with van der Waals surface area (Å²) in [6, 6.07) is 22.5. The van der Waals surface area contributed by atoms with Crippen LogP contribution in [-0.2, 0) is 6.42 Å². The zero-order valence-corrected chi connectivity index (χ0v) is 13.3. The van der Waals surface area contributed by atoms with Crippen LogP contribution in [0.3, 0.4) is 0 Å². The fraction of sp³-hybridized carbons (Fsp3) is 0.227. The third kappa shape index (κ3) is 2.14. The van der Waals surface area contributed by atoms with Crippen LogP contribution in [0.1, 0.15) is 48.4 Å². The molecule has 0 heteroatoms. The second kappa shape index (κ2) is 5.28. The number of benzene rings is 3. The van der Waals surface area contributed by atoms with Crippen molar-refractivity contribution in [2.45, 2.75) is 32.6 Å². The van der Waals surface area contributed by atoms with E-state index in [1.165, 1.54) is 45.4 Å². The van der Waals surface area contributed by atoms with Crippen LogP contribution in [0.2, 0.25) is 0 Å². The molecule has 0 aliphatic heterocycles. The number of aryl methyl sites for hydroxylation is 1. The Morgan fingerprint density at radius 3 is 2.41 bits per heavy atom. The summed E-state index contributed by atoms with van der Waals surface area (Å²) in [4.78, 5) is 0. The molecule has 0 nitrogen and oxygen atoms in total. The van der Waals surface area contributed by atoms with E-state index in [0.717, 1.165) is 6.42 Å². The van der Waals surface area contributed by atoms with Crippen molar-refractivity contribution in [2.24, 2.45) is 0 Å². The maximum atomic E-state index is 2.42. The largest absolute Gasteiger partial charge is 0.0620 e. The lowest BCUT2D eigenvalue weighted by molar-refractivity contribution is 0.864. The second-order valence-electron chi connectivity index (χ2n) is 6.58. The van der Waals surface area contributed by atoms with E-state index in [1.54, 1.807) is 0 Å². The first kappa shape index (κ1) is 13.6. The van der Waals surface area contributed by atoms with Crippen molar-refractivity contribution < 1.29 is 0 Å². The van der Waals surface area contributed by atoms with E-state index in [-0.39, 0.29) is 0 Å². The lowest BCUT2D eigenvalue weighted by Gasteiger charge is -2.18. The lowest BCUT2D eigenvalue weighted by Crippen LogP contribution is -2.01. The zero-order chi connectivity index (χ0) is 15.1. The molecule has 1 radical (unpaired) electrons. The fourth-order valence-corrected chi connectivity index (χ4v) is 3.62. The van der Waals surface area contributed by atoms with Crippen LogP contribution in [0.15, 0.2) is 60.7 Å². The van der Waals surface area contributed by atoms with Crippen LogP contribution in [0.5, 0.6) is 0 Å². The minimum absolute atomic E-state index is 0.556. The van der Waals surface area contributed by atoms with Gasteiger partial charge in [0, 0.05) is 5.92 Å². The molecule has 3 aromatic carbocycles. The van der Waals surface area contributed by atoms with E-state index in [0.29, 0.717) is 5.92 Å². The Morgan fingerprint density at radius 1 is 0.773 bits per heavy atom. The number of hydrogen-bond donors (Lipinski definition) is 0. The third-order valence-corrected chi connectivity index (χ3v) is 4.86. The van der Waals surface area contributed by atoms with Crippen molar-refractivity contribution in [3.8, 4) is 0 Å². The monoisotopic (exact) mass is 285 g/mol. The van der Waals surface area contributed by atoms with Crippen molar-refractivity contribution in [1.82, 2.24) is 0 Å². The van der Waals surface area contributed by atoms with Gasteiger partial charge in [-0.05, 0) is 51.8 Å². The molecule has 0 unspecified atom stereocenters. The predicted molar refractivity (Wildman–Crippen MR) is 94.2 cm³/mol. The third-order valence-electron chi connectivity index (χ3n) is 4.86. The molecule has 1 aliphatic rings. The highest BCUT2D eigenvalue weighted by atomic mass is 14.3.